The predicted octanol–water partition coefficient (Wildman–Crippen LogP) is 3.97. The number of aliphatic hydroxyl groups is 1. The number of ether oxygens (including phenoxy) is 2. The van der Waals surface area contributed by atoms with E-state index in [1.165, 1.54) is 0 Å². The molecule has 0 radical (unpaired) electrons. The molecule has 0 amide bonds. The molecule has 6 atom stereocenters. The van der Waals surface area contributed by atoms with Gasteiger partial charge in [-0.25, -0.2) is 13.8 Å². The molecule has 4 rings (SSSR count). The fraction of sp³-hybridized carbons (Fsp3) is 0.429. The highest BCUT2D eigenvalue weighted by Crippen LogP contribution is 2.51. The molecule has 2 unspecified atom stereocenters. The van der Waals surface area contributed by atoms with Crippen molar-refractivity contribution in [3.63, 3.8) is 0 Å². The third-order valence-corrected chi connectivity index (χ3v) is 8.67. The highest BCUT2D eigenvalue weighted by Gasteiger charge is 2.55. The van der Waals surface area contributed by atoms with Gasteiger partial charge in [-0.15, -0.1) is 0 Å². The van der Waals surface area contributed by atoms with Gasteiger partial charge >= 0.3 is 13.3 Å². The van der Waals surface area contributed by atoms with Gasteiger partial charge in [-0.3, -0.25) is 18.9 Å². The summed E-state index contributed by atoms with van der Waals surface area (Å²) < 4.78 is 53.3. The number of aromatic amines is 1. The van der Waals surface area contributed by atoms with Crippen molar-refractivity contribution >= 4 is 7.60 Å². The van der Waals surface area contributed by atoms with E-state index in [2.05, 4.69) is 0 Å². The van der Waals surface area contributed by atoms with Gasteiger partial charge in [-0.05, 0) is 37.5 Å². The number of alkyl halides is 1. The smallest absolute Gasteiger partial charge is 0.379 e. The van der Waals surface area contributed by atoms with E-state index in [1.807, 2.05) is 43.1 Å². The van der Waals surface area contributed by atoms with E-state index in [1.54, 1.807) is 30.3 Å². The Morgan fingerprint density at radius 3 is 2.52 bits per heavy atom. The van der Waals surface area contributed by atoms with Crippen LogP contribution in [0.2, 0.25) is 0 Å². The first-order chi connectivity index (χ1) is 19.0. The van der Waals surface area contributed by atoms with Crippen LogP contribution >= 0.6 is 7.60 Å². The summed E-state index contributed by atoms with van der Waals surface area (Å²) in [5.74, 6) is 0.0767. The number of hydrogen-bond acceptors (Lipinski definition) is 8. The Labute approximate surface area is 231 Å². The van der Waals surface area contributed by atoms with Crippen LogP contribution in [0.1, 0.15) is 31.2 Å². The molecular formula is C28H34FN2O8P. The van der Waals surface area contributed by atoms with E-state index in [4.69, 9.17) is 18.5 Å². The highest BCUT2D eigenvalue weighted by molar-refractivity contribution is 7.54. The Hall–Kier alpha value is -3.08. The molecule has 0 bridgehead atoms. The number of nitrogens with one attached hydrogen (secondary N) is 1. The average molecular weight is 577 g/mol. The Morgan fingerprint density at radius 2 is 1.85 bits per heavy atom. The summed E-state index contributed by atoms with van der Waals surface area (Å²) in [4.78, 5) is 25.7. The molecule has 12 heteroatoms. The Morgan fingerprint density at radius 1 is 1.15 bits per heavy atom. The van der Waals surface area contributed by atoms with E-state index < -0.39 is 49.6 Å². The largest absolute Gasteiger partial charge is 0.424 e. The first-order valence-electron chi connectivity index (χ1n) is 12.9. The number of para-hydroxylation sites is 1. The second-order valence-electron chi connectivity index (χ2n) is 10.2. The normalized spacial score (nSPS) is 24.9. The number of benzene rings is 2. The van der Waals surface area contributed by atoms with Crippen LogP contribution in [0.5, 0.6) is 5.75 Å². The SMILES string of the molecule is Cc1ccc(COCC(C)CP(=O)(OC[C@H]2O[C@@H](n3ccc(=O)[nH]c3=O)[C@](C)(F)[C@@H]2O)Oc2ccccc2)cc1. The Kier molecular flexibility index (Phi) is 9.43. The van der Waals surface area contributed by atoms with Crippen LogP contribution < -0.4 is 15.8 Å². The Balaban J connectivity index is 1.44. The van der Waals surface area contributed by atoms with Crippen LogP contribution in [0, 0.1) is 12.8 Å². The van der Waals surface area contributed by atoms with Gasteiger partial charge in [-0.1, -0.05) is 55.0 Å². The van der Waals surface area contributed by atoms with Gasteiger partial charge in [0, 0.05) is 12.3 Å². The molecule has 1 saturated heterocycles. The van der Waals surface area contributed by atoms with Gasteiger partial charge in [0.05, 0.1) is 26.0 Å². The summed E-state index contributed by atoms with van der Waals surface area (Å²) in [6.07, 6.45) is -3.49. The molecule has 1 aromatic heterocycles. The summed E-state index contributed by atoms with van der Waals surface area (Å²) in [6, 6.07) is 17.5. The second kappa shape index (κ2) is 12.6. The van der Waals surface area contributed by atoms with Crippen LogP contribution in [0.3, 0.4) is 0 Å². The summed E-state index contributed by atoms with van der Waals surface area (Å²) >= 11 is 0. The summed E-state index contributed by atoms with van der Waals surface area (Å²) in [7, 11) is -3.85. The van der Waals surface area contributed by atoms with E-state index in [9.17, 15) is 19.3 Å². The third kappa shape index (κ3) is 7.35. The lowest BCUT2D eigenvalue weighted by Gasteiger charge is -2.25. The van der Waals surface area contributed by atoms with Crippen molar-refractivity contribution in [3.05, 3.63) is 98.8 Å². The molecule has 216 valence electrons. The van der Waals surface area contributed by atoms with Crippen LogP contribution in [-0.4, -0.2) is 51.9 Å². The summed E-state index contributed by atoms with van der Waals surface area (Å²) in [5.41, 5.74) is -1.81. The lowest BCUT2D eigenvalue weighted by atomic mass is 9.98. The number of H-pyrrole nitrogens is 1. The summed E-state index contributed by atoms with van der Waals surface area (Å²) in [5, 5.41) is 10.7. The van der Waals surface area contributed by atoms with E-state index in [-0.39, 0.29) is 18.7 Å². The van der Waals surface area contributed by atoms with E-state index in [0.717, 1.165) is 34.9 Å². The minimum atomic E-state index is -3.85. The van der Waals surface area contributed by atoms with E-state index in [0.29, 0.717) is 12.4 Å². The van der Waals surface area contributed by atoms with Crippen LogP contribution in [-0.2, 0) is 25.2 Å². The maximum absolute atomic E-state index is 15.6. The van der Waals surface area contributed by atoms with Gasteiger partial charge in [0.25, 0.3) is 5.56 Å². The van der Waals surface area contributed by atoms with Gasteiger partial charge in [-0.2, -0.15) is 0 Å². The fourth-order valence-electron chi connectivity index (χ4n) is 4.40. The molecule has 2 aromatic carbocycles. The quantitative estimate of drug-likeness (QED) is 0.310. The molecule has 2 N–H and O–H groups in total. The minimum absolute atomic E-state index is 0.0195. The topological polar surface area (TPSA) is 129 Å². The third-order valence-electron chi connectivity index (χ3n) is 6.57. The predicted molar refractivity (Wildman–Crippen MR) is 146 cm³/mol. The van der Waals surface area contributed by atoms with Gasteiger partial charge in [0.2, 0.25) is 0 Å². The number of halogens is 1. The maximum Gasteiger partial charge on any atom is 0.379 e. The monoisotopic (exact) mass is 576 g/mol. The molecule has 1 fully saturated rings. The number of aliphatic hydroxyl groups excluding tert-OH is 1. The van der Waals surface area contributed by atoms with Gasteiger partial charge in [0.15, 0.2) is 11.9 Å². The fourth-order valence-corrected chi connectivity index (χ4v) is 6.32. The lowest BCUT2D eigenvalue weighted by Crippen LogP contribution is -2.43. The molecule has 10 nitrogen and oxygen atoms in total. The van der Waals surface area contributed by atoms with Crippen molar-refractivity contribution in [3.8, 4) is 5.75 Å². The van der Waals surface area contributed by atoms with Crippen LogP contribution in [0.4, 0.5) is 4.39 Å². The van der Waals surface area contributed by atoms with Gasteiger partial charge in [0.1, 0.15) is 18.0 Å². The standard InChI is InChI=1S/C28H34FN2O8P/c1-19-9-11-21(12-10-19)16-36-15-20(2)18-40(35,39-22-7-5-4-6-8-22)37-17-23-25(33)28(3,29)26(38-23)31-14-13-24(32)30-27(31)34/h4-14,20,23,25-26,33H,15-18H2,1-3H3,(H,30,32,34)/t20?,23-,25-,26-,28-,40?/m1/s1. The molecule has 3 aromatic rings. The molecular weight excluding hydrogens is 542 g/mol. The average Bonchev–Trinajstić information content (AvgIpc) is 3.12. The molecule has 0 aliphatic carbocycles. The number of hydrogen-bond donors (Lipinski definition) is 2. The Bertz CT molecular complexity index is 1430. The summed E-state index contributed by atoms with van der Waals surface area (Å²) in [6.45, 7) is 5.12. The van der Waals surface area contributed by atoms with Crippen molar-refractivity contribution in [2.45, 2.75) is 51.5 Å². The lowest BCUT2D eigenvalue weighted by molar-refractivity contribution is -0.0592. The maximum atomic E-state index is 15.6. The van der Waals surface area contributed by atoms with Crippen molar-refractivity contribution in [1.29, 1.82) is 0 Å². The molecule has 2 heterocycles. The highest BCUT2D eigenvalue weighted by atomic mass is 31.2. The number of aryl methyl sites for hydroxylation is 1. The molecule has 40 heavy (non-hydrogen) atoms. The van der Waals surface area contributed by atoms with Crippen molar-refractivity contribution in [2.75, 3.05) is 19.4 Å². The van der Waals surface area contributed by atoms with Crippen molar-refractivity contribution in [2.24, 2.45) is 5.92 Å². The van der Waals surface area contributed by atoms with Crippen molar-refractivity contribution in [1.82, 2.24) is 9.55 Å². The molecule has 0 saturated carbocycles. The number of rotatable bonds is 12. The van der Waals surface area contributed by atoms with Crippen LogP contribution in [0.25, 0.3) is 0 Å². The number of aromatic nitrogens is 2. The van der Waals surface area contributed by atoms with Crippen LogP contribution in [0.15, 0.2) is 76.4 Å². The zero-order valence-corrected chi connectivity index (χ0v) is 23.5. The number of nitrogens with zero attached hydrogens (tertiary/aromatic N) is 1. The zero-order valence-electron chi connectivity index (χ0n) is 22.6. The zero-order chi connectivity index (χ0) is 28.9. The van der Waals surface area contributed by atoms with E-state index >= 15 is 4.39 Å². The first kappa shape index (κ1) is 29.9. The molecule has 0 spiro atoms. The first-order valence-corrected chi connectivity index (χ1v) is 14.6. The van der Waals surface area contributed by atoms with Crippen molar-refractivity contribution < 1.29 is 32.6 Å². The second-order valence-corrected chi connectivity index (χ2v) is 12.3. The van der Waals surface area contributed by atoms with Gasteiger partial charge < -0.3 is 19.1 Å². The molecule has 1 aliphatic rings. The molecule has 1 aliphatic heterocycles. The minimum Gasteiger partial charge on any atom is -0.424 e.